The van der Waals surface area contributed by atoms with E-state index in [0.717, 1.165) is 24.9 Å². The lowest BCUT2D eigenvalue weighted by atomic mass is 9.97. The number of pyridine rings is 1. The zero-order valence-corrected chi connectivity index (χ0v) is 19.8. The molecule has 6 N–H and O–H groups in total. The Morgan fingerprint density at radius 3 is 2.86 bits per heavy atom. The lowest BCUT2D eigenvalue weighted by Gasteiger charge is -2.31. The van der Waals surface area contributed by atoms with Crippen molar-refractivity contribution in [2.75, 3.05) is 29.0 Å². The lowest BCUT2D eigenvalue weighted by molar-refractivity contribution is -0.123. The topological polar surface area (TPSA) is 133 Å². The summed E-state index contributed by atoms with van der Waals surface area (Å²) in [5, 5.41) is 19.0. The summed E-state index contributed by atoms with van der Waals surface area (Å²) in [4.78, 5) is 31.4. The van der Waals surface area contributed by atoms with Gasteiger partial charge in [0.2, 0.25) is 5.91 Å². The van der Waals surface area contributed by atoms with E-state index < -0.39 is 11.7 Å². The third-order valence-electron chi connectivity index (χ3n) is 6.63. The van der Waals surface area contributed by atoms with Crippen LogP contribution in [0.25, 0.3) is 0 Å². The highest BCUT2D eigenvalue weighted by atomic mass is 19.1. The van der Waals surface area contributed by atoms with Gasteiger partial charge in [-0.1, -0.05) is 6.07 Å². The molecule has 1 fully saturated rings. The number of primary amides is 1. The summed E-state index contributed by atoms with van der Waals surface area (Å²) in [6, 6.07) is 9.80. The van der Waals surface area contributed by atoms with Crippen LogP contribution in [0.5, 0.6) is 5.75 Å². The molecule has 5 rings (SSSR count). The Labute approximate surface area is 207 Å². The number of aromatic hydroxyl groups is 1. The molecule has 3 aromatic rings. The van der Waals surface area contributed by atoms with Gasteiger partial charge in [-0.05, 0) is 61.7 Å². The van der Waals surface area contributed by atoms with Crippen molar-refractivity contribution in [1.29, 1.82) is 0 Å². The summed E-state index contributed by atoms with van der Waals surface area (Å²) in [7, 11) is 0. The summed E-state index contributed by atoms with van der Waals surface area (Å²) in [5.41, 5.74) is 8.75. The monoisotopic (exact) mass is 490 g/mol. The average molecular weight is 491 g/mol. The van der Waals surface area contributed by atoms with Crippen LogP contribution in [0, 0.1) is 18.7 Å². The summed E-state index contributed by atoms with van der Waals surface area (Å²) < 4.78 is 14.5. The number of nitrogens with zero attached hydrogens (tertiary/aromatic N) is 2. The van der Waals surface area contributed by atoms with E-state index in [9.17, 15) is 19.1 Å². The number of nitrogens with two attached hydrogens (primary N) is 1. The molecule has 1 saturated heterocycles. The molecule has 10 heteroatoms. The highest BCUT2D eigenvalue weighted by molar-refractivity contribution is 6.15. The lowest BCUT2D eigenvalue weighted by Crippen LogP contribution is -2.40. The fraction of sp³-hybridized carbons (Fsp3) is 0.269. The van der Waals surface area contributed by atoms with Crippen molar-refractivity contribution in [3.63, 3.8) is 0 Å². The fourth-order valence-corrected chi connectivity index (χ4v) is 4.70. The van der Waals surface area contributed by atoms with Crippen LogP contribution in [0.2, 0.25) is 0 Å². The molecule has 0 aliphatic carbocycles. The number of rotatable bonds is 5. The van der Waals surface area contributed by atoms with Gasteiger partial charge >= 0.3 is 0 Å². The van der Waals surface area contributed by atoms with Crippen LogP contribution in [-0.2, 0) is 11.3 Å². The average Bonchev–Trinajstić information content (AvgIpc) is 2.98. The number of likely N-dealkylation sites (tertiary alicyclic amines) is 1. The molecule has 186 valence electrons. The van der Waals surface area contributed by atoms with Gasteiger partial charge in [-0.2, -0.15) is 0 Å². The first-order valence-corrected chi connectivity index (χ1v) is 11.8. The Morgan fingerprint density at radius 2 is 2.06 bits per heavy atom. The number of fused-ring (bicyclic) bond motifs is 2. The van der Waals surface area contributed by atoms with Crippen molar-refractivity contribution in [1.82, 2.24) is 9.88 Å². The van der Waals surface area contributed by atoms with Gasteiger partial charge in [-0.3, -0.25) is 14.5 Å². The molecule has 0 saturated carbocycles. The maximum absolute atomic E-state index is 14.5. The van der Waals surface area contributed by atoms with Crippen molar-refractivity contribution in [3.8, 4) is 5.75 Å². The number of amides is 2. The predicted octanol–water partition coefficient (Wildman–Crippen LogP) is 3.98. The zero-order valence-electron chi connectivity index (χ0n) is 19.8. The second-order valence-electron chi connectivity index (χ2n) is 9.26. The number of aromatic nitrogens is 1. The summed E-state index contributed by atoms with van der Waals surface area (Å²) in [6.07, 6.45) is 3.23. The Balaban J connectivity index is 1.39. The number of nitrogens with one attached hydrogen (secondary N) is 3. The molecule has 36 heavy (non-hydrogen) atoms. The molecule has 0 spiro atoms. The SMILES string of the molecule is Cc1cc(F)c(Nc2ccnc3c2C(=O)Nc2cc(CN4CCCC(C(N)=O)C4)ccc2N3)cc1O. The Hall–Kier alpha value is -4.18. The molecule has 9 nitrogen and oxygen atoms in total. The van der Waals surface area contributed by atoms with Crippen LogP contribution in [0.1, 0.15) is 34.3 Å². The highest BCUT2D eigenvalue weighted by Gasteiger charge is 2.26. The molecule has 2 aliphatic heterocycles. The van der Waals surface area contributed by atoms with E-state index in [2.05, 4.69) is 25.8 Å². The van der Waals surface area contributed by atoms with E-state index in [1.165, 1.54) is 18.3 Å². The van der Waals surface area contributed by atoms with Gasteiger partial charge in [0.15, 0.2) is 0 Å². The number of phenolic OH excluding ortho intramolecular Hbond substituents is 1. The molecule has 3 heterocycles. The Bertz CT molecular complexity index is 1360. The maximum atomic E-state index is 14.5. The molecular formula is C26H27FN6O3. The van der Waals surface area contributed by atoms with Crippen LogP contribution < -0.4 is 21.7 Å². The number of anilines is 5. The van der Waals surface area contributed by atoms with Crippen molar-refractivity contribution < 1.29 is 19.1 Å². The van der Waals surface area contributed by atoms with Crippen LogP contribution in [0.15, 0.2) is 42.6 Å². The smallest absolute Gasteiger partial charge is 0.261 e. The molecule has 2 aromatic carbocycles. The first-order chi connectivity index (χ1) is 17.3. The van der Waals surface area contributed by atoms with Gasteiger partial charge in [0, 0.05) is 25.4 Å². The second kappa shape index (κ2) is 9.46. The highest BCUT2D eigenvalue weighted by Crippen LogP contribution is 2.36. The van der Waals surface area contributed by atoms with Crippen molar-refractivity contribution in [2.24, 2.45) is 11.7 Å². The van der Waals surface area contributed by atoms with Gasteiger partial charge in [-0.25, -0.2) is 9.37 Å². The number of piperidine rings is 1. The minimum absolute atomic E-state index is 0.0409. The maximum Gasteiger partial charge on any atom is 0.261 e. The zero-order chi connectivity index (χ0) is 25.4. The fourth-order valence-electron chi connectivity index (χ4n) is 4.70. The minimum Gasteiger partial charge on any atom is -0.508 e. The van der Waals surface area contributed by atoms with E-state index in [1.807, 2.05) is 18.2 Å². The number of halogens is 1. The molecule has 2 aliphatic rings. The van der Waals surface area contributed by atoms with Gasteiger partial charge in [0.25, 0.3) is 5.91 Å². The van der Waals surface area contributed by atoms with E-state index in [4.69, 9.17) is 5.73 Å². The number of phenols is 1. The van der Waals surface area contributed by atoms with Gasteiger partial charge in [0.05, 0.1) is 28.7 Å². The first-order valence-electron chi connectivity index (χ1n) is 11.8. The van der Waals surface area contributed by atoms with Crippen molar-refractivity contribution in [3.05, 3.63) is 65.1 Å². The first kappa shape index (κ1) is 23.6. The van der Waals surface area contributed by atoms with Gasteiger partial charge < -0.3 is 26.8 Å². The number of aryl methyl sites for hydroxylation is 1. The number of carbonyl (C=O) groups is 2. The van der Waals surface area contributed by atoms with Crippen LogP contribution in [0.3, 0.4) is 0 Å². The van der Waals surface area contributed by atoms with Gasteiger partial charge in [-0.15, -0.1) is 0 Å². The molecule has 0 bridgehead atoms. The largest absolute Gasteiger partial charge is 0.508 e. The molecule has 2 amide bonds. The van der Waals surface area contributed by atoms with E-state index in [1.54, 1.807) is 13.0 Å². The number of benzene rings is 2. The molecular weight excluding hydrogens is 463 g/mol. The summed E-state index contributed by atoms with van der Waals surface area (Å²) in [5.74, 6) is -1.12. The number of hydrogen-bond donors (Lipinski definition) is 5. The third-order valence-corrected chi connectivity index (χ3v) is 6.63. The normalized spacial score (nSPS) is 17.3. The molecule has 1 aromatic heterocycles. The van der Waals surface area contributed by atoms with Gasteiger partial charge in [0.1, 0.15) is 22.9 Å². The van der Waals surface area contributed by atoms with E-state index >= 15 is 0 Å². The number of carbonyl (C=O) groups excluding carboxylic acids is 2. The number of hydrogen-bond acceptors (Lipinski definition) is 7. The third kappa shape index (κ3) is 4.67. The summed E-state index contributed by atoms with van der Waals surface area (Å²) >= 11 is 0. The quantitative estimate of drug-likeness (QED) is 0.365. The Kier molecular flexibility index (Phi) is 6.19. The Morgan fingerprint density at radius 1 is 1.22 bits per heavy atom. The van der Waals surface area contributed by atoms with Crippen molar-refractivity contribution >= 4 is 40.4 Å². The van der Waals surface area contributed by atoms with Crippen LogP contribution in [0.4, 0.5) is 33.0 Å². The van der Waals surface area contributed by atoms with Crippen LogP contribution in [-0.4, -0.2) is 39.9 Å². The van der Waals surface area contributed by atoms with E-state index in [0.29, 0.717) is 41.5 Å². The van der Waals surface area contributed by atoms with Crippen molar-refractivity contribution in [2.45, 2.75) is 26.3 Å². The standard InChI is InChI=1S/C26H27FN6O3/c1-14-9-17(27)20(11-22(14)34)30-19-6-7-29-25-23(19)26(36)32-21-10-15(4-5-18(21)31-25)12-33-8-2-3-16(13-33)24(28)35/h4-7,9-11,16,34H,2-3,8,12-13H2,1H3,(H2,28,35)(H,32,36)(H2,29,30,31). The minimum atomic E-state index is -0.554. The van der Waals surface area contributed by atoms with Crippen LogP contribution >= 0.6 is 0 Å². The summed E-state index contributed by atoms with van der Waals surface area (Å²) in [6.45, 7) is 3.72. The molecule has 1 unspecified atom stereocenters. The molecule has 0 radical (unpaired) electrons. The van der Waals surface area contributed by atoms with E-state index in [-0.39, 0.29) is 28.8 Å². The predicted molar refractivity (Wildman–Crippen MR) is 135 cm³/mol. The molecule has 1 atom stereocenters. The second-order valence-corrected chi connectivity index (χ2v) is 9.26.